The van der Waals surface area contributed by atoms with Crippen molar-refractivity contribution in [1.29, 1.82) is 0 Å². The molecule has 0 bridgehead atoms. The SMILES string of the molecule is CC(=O)OC(c1ccccn1)C(C)C. The van der Waals surface area contributed by atoms with Crippen molar-refractivity contribution in [3.63, 3.8) is 0 Å². The highest BCUT2D eigenvalue weighted by molar-refractivity contribution is 5.66. The largest absolute Gasteiger partial charge is 0.456 e. The van der Waals surface area contributed by atoms with Gasteiger partial charge in [-0.1, -0.05) is 19.9 Å². The van der Waals surface area contributed by atoms with Crippen LogP contribution in [0.4, 0.5) is 0 Å². The molecule has 0 saturated heterocycles. The van der Waals surface area contributed by atoms with Gasteiger partial charge in [-0.25, -0.2) is 0 Å². The summed E-state index contributed by atoms with van der Waals surface area (Å²) in [5, 5.41) is 0. The van der Waals surface area contributed by atoms with Gasteiger partial charge in [-0.15, -0.1) is 0 Å². The molecular formula is C11H15NO2. The third-order valence-electron chi connectivity index (χ3n) is 1.88. The predicted octanol–water partition coefficient (Wildman–Crippen LogP) is 2.34. The van der Waals surface area contributed by atoms with Gasteiger partial charge in [-0.05, 0) is 18.1 Å². The number of hydrogen-bond acceptors (Lipinski definition) is 3. The van der Waals surface area contributed by atoms with E-state index in [1.165, 1.54) is 6.92 Å². The van der Waals surface area contributed by atoms with Crippen LogP contribution in [0.3, 0.4) is 0 Å². The van der Waals surface area contributed by atoms with Crippen molar-refractivity contribution in [2.45, 2.75) is 26.9 Å². The lowest BCUT2D eigenvalue weighted by Crippen LogP contribution is -2.15. The van der Waals surface area contributed by atoms with Gasteiger partial charge in [0.25, 0.3) is 0 Å². The molecule has 3 nitrogen and oxygen atoms in total. The molecule has 0 aromatic carbocycles. The van der Waals surface area contributed by atoms with Crippen LogP contribution in [-0.4, -0.2) is 11.0 Å². The molecule has 0 aliphatic heterocycles. The van der Waals surface area contributed by atoms with Gasteiger partial charge in [-0.2, -0.15) is 0 Å². The summed E-state index contributed by atoms with van der Waals surface area (Å²) < 4.78 is 5.20. The number of hydrogen-bond donors (Lipinski definition) is 0. The van der Waals surface area contributed by atoms with E-state index >= 15 is 0 Å². The molecule has 0 spiro atoms. The van der Waals surface area contributed by atoms with Crippen LogP contribution in [0.25, 0.3) is 0 Å². The maximum absolute atomic E-state index is 10.9. The number of esters is 1. The Labute approximate surface area is 84.1 Å². The summed E-state index contributed by atoms with van der Waals surface area (Å²) >= 11 is 0. The maximum atomic E-state index is 10.9. The van der Waals surface area contributed by atoms with E-state index in [0.717, 1.165) is 5.69 Å². The van der Waals surface area contributed by atoms with Crippen molar-refractivity contribution < 1.29 is 9.53 Å². The van der Waals surface area contributed by atoms with Crippen molar-refractivity contribution in [3.05, 3.63) is 30.1 Å². The monoisotopic (exact) mass is 193 g/mol. The lowest BCUT2D eigenvalue weighted by molar-refractivity contribution is -0.149. The second-order valence-corrected chi connectivity index (χ2v) is 3.53. The zero-order valence-electron chi connectivity index (χ0n) is 8.73. The average Bonchev–Trinajstić information content (AvgIpc) is 2.15. The third-order valence-corrected chi connectivity index (χ3v) is 1.88. The normalized spacial score (nSPS) is 12.6. The number of rotatable bonds is 3. The van der Waals surface area contributed by atoms with E-state index in [2.05, 4.69) is 4.98 Å². The first-order valence-corrected chi connectivity index (χ1v) is 4.69. The van der Waals surface area contributed by atoms with Gasteiger partial charge in [0.05, 0.1) is 5.69 Å². The lowest BCUT2D eigenvalue weighted by atomic mass is 10.0. The van der Waals surface area contributed by atoms with Crippen LogP contribution in [0, 0.1) is 5.92 Å². The number of carbonyl (C=O) groups is 1. The number of aromatic nitrogens is 1. The first-order valence-electron chi connectivity index (χ1n) is 4.69. The second kappa shape index (κ2) is 4.74. The Balaban J connectivity index is 2.83. The molecule has 0 fully saturated rings. The molecule has 0 radical (unpaired) electrons. The number of carbonyl (C=O) groups excluding carboxylic acids is 1. The molecule has 1 aromatic heterocycles. The fourth-order valence-corrected chi connectivity index (χ4v) is 1.26. The van der Waals surface area contributed by atoms with Crippen LogP contribution < -0.4 is 0 Å². The minimum absolute atomic E-state index is 0.230. The number of nitrogens with zero attached hydrogens (tertiary/aromatic N) is 1. The van der Waals surface area contributed by atoms with Crippen molar-refractivity contribution in [3.8, 4) is 0 Å². The predicted molar refractivity (Wildman–Crippen MR) is 53.6 cm³/mol. The van der Waals surface area contributed by atoms with E-state index in [0.29, 0.717) is 0 Å². The highest BCUT2D eigenvalue weighted by Crippen LogP contribution is 2.23. The first-order chi connectivity index (χ1) is 6.61. The van der Waals surface area contributed by atoms with Gasteiger partial charge in [0.1, 0.15) is 6.10 Å². The van der Waals surface area contributed by atoms with Gasteiger partial charge in [0.15, 0.2) is 0 Å². The van der Waals surface area contributed by atoms with E-state index in [1.54, 1.807) is 6.20 Å². The van der Waals surface area contributed by atoms with Crippen molar-refractivity contribution in [2.75, 3.05) is 0 Å². The summed E-state index contributed by atoms with van der Waals surface area (Å²) in [6, 6.07) is 5.60. The zero-order valence-corrected chi connectivity index (χ0v) is 8.73. The van der Waals surface area contributed by atoms with E-state index < -0.39 is 0 Å². The van der Waals surface area contributed by atoms with Crippen LogP contribution in [0.15, 0.2) is 24.4 Å². The van der Waals surface area contributed by atoms with Crippen LogP contribution in [-0.2, 0) is 9.53 Å². The fourth-order valence-electron chi connectivity index (χ4n) is 1.26. The van der Waals surface area contributed by atoms with Crippen molar-refractivity contribution in [2.24, 2.45) is 5.92 Å². The Morgan fingerprint density at radius 2 is 2.14 bits per heavy atom. The van der Waals surface area contributed by atoms with Crippen LogP contribution >= 0.6 is 0 Å². The van der Waals surface area contributed by atoms with Gasteiger partial charge < -0.3 is 4.74 Å². The Morgan fingerprint density at radius 3 is 2.57 bits per heavy atom. The quantitative estimate of drug-likeness (QED) is 0.692. The Kier molecular flexibility index (Phi) is 3.63. The standard InChI is InChI=1S/C11H15NO2/c1-8(2)11(14-9(3)13)10-6-4-5-7-12-10/h4-8,11H,1-3H3. The van der Waals surface area contributed by atoms with E-state index in [-0.39, 0.29) is 18.0 Å². The first kappa shape index (κ1) is 10.7. The molecule has 1 unspecified atom stereocenters. The average molecular weight is 193 g/mol. The van der Waals surface area contributed by atoms with Gasteiger partial charge >= 0.3 is 5.97 Å². The molecule has 76 valence electrons. The van der Waals surface area contributed by atoms with Crippen LogP contribution in [0.1, 0.15) is 32.6 Å². The number of ether oxygens (including phenoxy) is 1. The topological polar surface area (TPSA) is 39.2 Å². The molecule has 1 heterocycles. The smallest absolute Gasteiger partial charge is 0.303 e. The summed E-state index contributed by atoms with van der Waals surface area (Å²) in [5.41, 5.74) is 0.803. The molecule has 1 rings (SSSR count). The van der Waals surface area contributed by atoms with Crippen molar-refractivity contribution >= 4 is 5.97 Å². The molecule has 0 amide bonds. The fraction of sp³-hybridized carbons (Fsp3) is 0.455. The van der Waals surface area contributed by atoms with Crippen LogP contribution in [0.2, 0.25) is 0 Å². The van der Waals surface area contributed by atoms with E-state index in [9.17, 15) is 4.79 Å². The van der Waals surface area contributed by atoms with E-state index in [1.807, 2.05) is 32.0 Å². The van der Waals surface area contributed by atoms with Gasteiger partial charge in [0.2, 0.25) is 0 Å². The molecule has 0 N–H and O–H groups in total. The highest BCUT2D eigenvalue weighted by atomic mass is 16.5. The number of pyridine rings is 1. The Hall–Kier alpha value is -1.38. The third kappa shape index (κ3) is 2.83. The maximum Gasteiger partial charge on any atom is 0.303 e. The van der Waals surface area contributed by atoms with Gasteiger partial charge in [-0.3, -0.25) is 9.78 Å². The minimum atomic E-state index is -0.269. The van der Waals surface area contributed by atoms with E-state index in [4.69, 9.17) is 4.74 Å². The van der Waals surface area contributed by atoms with Crippen LogP contribution in [0.5, 0.6) is 0 Å². The summed E-state index contributed by atoms with van der Waals surface area (Å²) in [5.74, 6) is -0.0387. The zero-order chi connectivity index (χ0) is 10.6. The molecule has 0 saturated carbocycles. The Bertz CT molecular complexity index is 295. The summed E-state index contributed by atoms with van der Waals surface area (Å²) in [6.07, 6.45) is 1.46. The summed E-state index contributed by atoms with van der Waals surface area (Å²) in [6.45, 7) is 5.42. The van der Waals surface area contributed by atoms with Crippen molar-refractivity contribution in [1.82, 2.24) is 4.98 Å². The Morgan fingerprint density at radius 1 is 1.43 bits per heavy atom. The van der Waals surface area contributed by atoms with Gasteiger partial charge in [0, 0.05) is 13.1 Å². The summed E-state index contributed by atoms with van der Waals surface area (Å²) in [4.78, 5) is 15.1. The molecule has 0 aliphatic rings. The molecule has 3 heteroatoms. The lowest BCUT2D eigenvalue weighted by Gasteiger charge is -2.19. The highest BCUT2D eigenvalue weighted by Gasteiger charge is 2.19. The molecule has 0 aliphatic carbocycles. The molecule has 14 heavy (non-hydrogen) atoms. The molecule has 1 atom stereocenters. The second-order valence-electron chi connectivity index (χ2n) is 3.53. The molecular weight excluding hydrogens is 178 g/mol. The summed E-state index contributed by atoms with van der Waals surface area (Å²) in [7, 11) is 0. The molecule has 1 aromatic rings. The minimum Gasteiger partial charge on any atom is -0.456 e.